The van der Waals surface area contributed by atoms with Crippen LogP contribution in [0.5, 0.6) is 0 Å². The molecule has 0 spiro atoms. The SMILES string of the molecule is CC(C)c1ccc(C(=O)NC(C)(C)c2ccncc2)cc1. The Labute approximate surface area is 126 Å². The van der Waals surface area contributed by atoms with E-state index < -0.39 is 5.54 Å². The molecule has 3 nitrogen and oxygen atoms in total. The Bertz CT molecular complexity index is 601. The molecule has 2 rings (SSSR count). The smallest absolute Gasteiger partial charge is 0.251 e. The van der Waals surface area contributed by atoms with E-state index in [2.05, 4.69) is 24.1 Å². The summed E-state index contributed by atoms with van der Waals surface area (Å²) in [4.78, 5) is 16.4. The maximum atomic E-state index is 12.4. The third kappa shape index (κ3) is 3.69. The number of benzene rings is 1. The lowest BCUT2D eigenvalue weighted by atomic mass is 9.94. The number of hydrogen-bond donors (Lipinski definition) is 1. The lowest BCUT2D eigenvalue weighted by Crippen LogP contribution is -2.41. The molecule has 0 fully saturated rings. The summed E-state index contributed by atoms with van der Waals surface area (Å²) in [5, 5.41) is 3.07. The van der Waals surface area contributed by atoms with Gasteiger partial charge in [-0.1, -0.05) is 26.0 Å². The van der Waals surface area contributed by atoms with E-state index in [1.807, 2.05) is 50.2 Å². The minimum atomic E-state index is -0.434. The van der Waals surface area contributed by atoms with E-state index in [0.717, 1.165) is 5.56 Å². The van der Waals surface area contributed by atoms with E-state index in [9.17, 15) is 4.79 Å². The molecule has 0 saturated heterocycles. The van der Waals surface area contributed by atoms with Gasteiger partial charge in [0.2, 0.25) is 0 Å². The first kappa shape index (κ1) is 15.2. The average Bonchev–Trinajstić information content (AvgIpc) is 2.48. The minimum absolute atomic E-state index is 0.0629. The van der Waals surface area contributed by atoms with Gasteiger partial charge in [-0.15, -0.1) is 0 Å². The van der Waals surface area contributed by atoms with Gasteiger partial charge in [-0.3, -0.25) is 9.78 Å². The van der Waals surface area contributed by atoms with Crippen LogP contribution in [0.3, 0.4) is 0 Å². The molecule has 2 aromatic rings. The lowest BCUT2D eigenvalue weighted by molar-refractivity contribution is 0.0912. The monoisotopic (exact) mass is 282 g/mol. The van der Waals surface area contributed by atoms with Crippen molar-refractivity contribution in [2.75, 3.05) is 0 Å². The van der Waals surface area contributed by atoms with Gasteiger partial charge < -0.3 is 5.32 Å². The average molecular weight is 282 g/mol. The molecule has 110 valence electrons. The zero-order valence-corrected chi connectivity index (χ0v) is 13.1. The van der Waals surface area contributed by atoms with Gasteiger partial charge >= 0.3 is 0 Å². The number of aromatic nitrogens is 1. The fourth-order valence-electron chi connectivity index (χ4n) is 2.22. The first-order valence-corrected chi connectivity index (χ1v) is 7.23. The molecule has 1 amide bonds. The number of hydrogen-bond acceptors (Lipinski definition) is 2. The largest absolute Gasteiger partial charge is 0.343 e. The van der Waals surface area contributed by atoms with E-state index in [4.69, 9.17) is 0 Å². The van der Waals surface area contributed by atoms with Gasteiger partial charge in [-0.05, 0) is 55.2 Å². The van der Waals surface area contributed by atoms with E-state index in [1.54, 1.807) is 12.4 Å². The summed E-state index contributed by atoms with van der Waals surface area (Å²) in [5.74, 6) is 0.405. The van der Waals surface area contributed by atoms with Crippen LogP contribution in [-0.2, 0) is 5.54 Å². The van der Waals surface area contributed by atoms with E-state index in [1.165, 1.54) is 5.56 Å². The highest BCUT2D eigenvalue weighted by Gasteiger charge is 2.23. The number of nitrogens with one attached hydrogen (secondary N) is 1. The summed E-state index contributed by atoms with van der Waals surface area (Å²) in [5.41, 5.74) is 2.52. The Morgan fingerprint density at radius 2 is 1.62 bits per heavy atom. The highest BCUT2D eigenvalue weighted by Crippen LogP contribution is 2.20. The Morgan fingerprint density at radius 3 is 2.14 bits per heavy atom. The van der Waals surface area contributed by atoms with Crippen LogP contribution >= 0.6 is 0 Å². The van der Waals surface area contributed by atoms with Gasteiger partial charge in [-0.25, -0.2) is 0 Å². The second kappa shape index (κ2) is 6.08. The number of amides is 1. The first-order chi connectivity index (χ1) is 9.90. The zero-order valence-electron chi connectivity index (χ0n) is 13.1. The molecule has 0 aliphatic carbocycles. The number of pyridine rings is 1. The zero-order chi connectivity index (χ0) is 15.5. The molecule has 0 radical (unpaired) electrons. The normalized spacial score (nSPS) is 11.5. The Hall–Kier alpha value is -2.16. The second-order valence-electron chi connectivity index (χ2n) is 6.09. The van der Waals surface area contributed by atoms with Gasteiger partial charge in [-0.2, -0.15) is 0 Å². The Kier molecular flexibility index (Phi) is 4.41. The molecular formula is C18H22N2O. The van der Waals surface area contributed by atoms with E-state index in [0.29, 0.717) is 11.5 Å². The quantitative estimate of drug-likeness (QED) is 0.925. The Balaban J connectivity index is 2.14. The highest BCUT2D eigenvalue weighted by molar-refractivity contribution is 5.94. The third-order valence-electron chi connectivity index (χ3n) is 3.67. The van der Waals surface area contributed by atoms with Crippen LogP contribution in [0, 0.1) is 0 Å². The van der Waals surface area contributed by atoms with Crippen LogP contribution in [0.4, 0.5) is 0 Å². The van der Waals surface area contributed by atoms with Crippen molar-refractivity contribution < 1.29 is 4.79 Å². The summed E-state index contributed by atoms with van der Waals surface area (Å²) in [7, 11) is 0. The molecule has 0 aliphatic rings. The number of nitrogens with zero attached hydrogens (tertiary/aromatic N) is 1. The van der Waals surface area contributed by atoms with Crippen LogP contribution in [0.25, 0.3) is 0 Å². The number of carbonyl (C=O) groups excluding carboxylic acids is 1. The van der Waals surface area contributed by atoms with Crippen LogP contribution < -0.4 is 5.32 Å². The molecule has 1 aromatic carbocycles. The van der Waals surface area contributed by atoms with Crippen LogP contribution in [-0.4, -0.2) is 10.9 Å². The predicted octanol–water partition coefficient (Wildman–Crippen LogP) is 3.87. The van der Waals surface area contributed by atoms with Crippen molar-refractivity contribution >= 4 is 5.91 Å². The molecule has 1 aromatic heterocycles. The van der Waals surface area contributed by atoms with E-state index in [-0.39, 0.29) is 5.91 Å². The molecule has 21 heavy (non-hydrogen) atoms. The first-order valence-electron chi connectivity index (χ1n) is 7.23. The maximum absolute atomic E-state index is 12.4. The summed E-state index contributed by atoms with van der Waals surface area (Å²) in [6, 6.07) is 11.6. The summed E-state index contributed by atoms with van der Waals surface area (Å²) in [6.07, 6.45) is 3.47. The minimum Gasteiger partial charge on any atom is -0.343 e. The van der Waals surface area contributed by atoms with E-state index >= 15 is 0 Å². The molecule has 0 saturated carbocycles. The second-order valence-corrected chi connectivity index (χ2v) is 6.09. The van der Waals surface area contributed by atoms with Crippen molar-refractivity contribution in [2.24, 2.45) is 0 Å². The van der Waals surface area contributed by atoms with Crippen molar-refractivity contribution in [1.82, 2.24) is 10.3 Å². The standard InChI is InChI=1S/C18H22N2O/c1-13(2)14-5-7-15(8-6-14)17(21)20-18(3,4)16-9-11-19-12-10-16/h5-13H,1-4H3,(H,20,21). The predicted molar refractivity (Wildman–Crippen MR) is 85.3 cm³/mol. The maximum Gasteiger partial charge on any atom is 0.251 e. The van der Waals surface area contributed by atoms with Crippen molar-refractivity contribution in [3.05, 3.63) is 65.5 Å². The summed E-state index contributed by atoms with van der Waals surface area (Å²) in [6.45, 7) is 8.26. The Morgan fingerprint density at radius 1 is 1.05 bits per heavy atom. The topological polar surface area (TPSA) is 42.0 Å². The molecule has 1 heterocycles. The lowest BCUT2D eigenvalue weighted by Gasteiger charge is -2.26. The van der Waals surface area contributed by atoms with Crippen molar-refractivity contribution in [3.8, 4) is 0 Å². The van der Waals surface area contributed by atoms with Gasteiger partial charge in [0.25, 0.3) is 5.91 Å². The van der Waals surface area contributed by atoms with Crippen LogP contribution in [0.2, 0.25) is 0 Å². The van der Waals surface area contributed by atoms with Gasteiger partial charge in [0, 0.05) is 18.0 Å². The van der Waals surface area contributed by atoms with Crippen molar-refractivity contribution in [1.29, 1.82) is 0 Å². The van der Waals surface area contributed by atoms with Crippen LogP contribution in [0.15, 0.2) is 48.8 Å². The summed E-state index contributed by atoms with van der Waals surface area (Å²) < 4.78 is 0. The van der Waals surface area contributed by atoms with Gasteiger partial charge in [0.05, 0.1) is 5.54 Å². The van der Waals surface area contributed by atoms with Gasteiger partial charge in [0.1, 0.15) is 0 Å². The molecular weight excluding hydrogens is 260 g/mol. The molecule has 0 atom stereocenters. The van der Waals surface area contributed by atoms with Crippen molar-refractivity contribution in [2.45, 2.75) is 39.2 Å². The number of carbonyl (C=O) groups is 1. The van der Waals surface area contributed by atoms with Gasteiger partial charge in [0.15, 0.2) is 0 Å². The fourth-order valence-corrected chi connectivity index (χ4v) is 2.22. The highest BCUT2D eigenvalue weighted by atomic mass is 16.1. The molecule has 1 N–H and O–H groups in total. The molecule has 0 aliphatic heterocycles. The van der Waals surface area contributed by atoms with Crippen LogP contribution in [0.1, 0.15) is 55.1 Å². The fraction of sp³-hybridized carbons (Fsp3) is 0.333. The number of rotatable bonds is 4. The third-order valence-corrected chi connectivity index (χ3v) is 3.67. The molecule has 0 bridgehead atoms. The summed E-state index contributed by atoms with van der Waals surface area (Å²) >= 11 is 0. The van der Waals surface area contributed by atoms with Crippen molar-refractivity contribution in [3.63, 3.8) is 0 Å². The molecule has 0 unspecified atom stereocenters. The molecule has 3 heteroatoms.